The standard InChI is InChI=1S/C18H19N5O6/c1-3-21(4-2)18(25)12-5-7-14(8-6-12)19-20-17(24)13-9-15(22(26)27)11-16(10-13)23(28)29/h5-11,19H,3-4H2,1-2H3,(H,20,24). The Morgan fingerprint density at radius 2 is 1.41 bits per heavy atom. The first-order valence-electron chi connectivity index (χ1n) is 8.66. The van der Waals surface area contributed by atoms with Crippen molar-refractivity contribution >= 4 is 28.9 Å². The average Bonchev–Trinajstić information content (AvgIpc) is 2.72. The first-order chi connectivity index (χ1) is 13.8. The Bertz CT molecular complexity index is 908. The Morgan fingerprint density at radius 3 is 1.86 bits per heavy atom. The molecule has 2 aromatic carbocycles. The van der Waals surface area contributed by atoms with Gasteiger partial charge in [0.05, 0.1) is 27.2 Å². The third-order valence-corrected chi connectivity index (χ3v) is 4.09. The van der Waals surface area contributed by atoms with Gasteiger partial charge in [0.2, 0.25) is 0 Å². The van der Waals surface area contributed by atoms with Gasteiger partial charge in [-0.25, -0.2) is 0 Å². The summed E-state index contributed by atoms with van der Waals surface area (Å²) in [4.78, 5) is 46.4. The van der Waals surface area contributed by atoms with Crippen LogP contribution in [0.4, 0.5) is 17.1 Å². The van der Waals surface area contributed by atoms with E-state index in [9.17, 15) is 29.8 Å². The van der Waals surface area contributed by atoms with Crippen molar-refractivity contribution in [2.75, 3.05) is 18.5 Å². The molecule has 0 atom stereocenters. The fourth-order valence-corrected chi connectivity index (χ4v) is 2.53. The van der Waals surface area contributed by atoms with Crippen molar-refractivity contribution in [3.63, 3.8) is 0 Å². The number of anilines is 1. The van der Waals surface area contributed by atoms with E-state index in [1.165, 1.54) is 0 Å². The molecule has 29 heavy (non-hydrogen) atoms. The number of nitro groups is 2. The molecule has 0 radical (unpaired) electrons. The number of carbonyl (C=O) groups excluding carboxylic acids is 2. The van der Waals surface area contributed by atoms with E-state index in [4.69, 9.17) is 0 Å². The van der Waals surface area contributed by atoms with Gasteiger partial charge in [0.25, 0.3) is 23.2 Å². The topological polar surface area (TPSA) is 148 Å². The molecule has 11 heteroatoms. The smallest absolute Gasteiger partial charge is 0.277 e. The lowest BCUT2D eigenvalue weighted by atomic mass is 10.1. The molecule has 152 valence electrons. The Hall–Kier alpha value is -4.02. The minimum absolute atomic E-state index is 0.116. The molecule has 0 aromatic heterocycles. The van der Waals surface area contributed by atoms with E-state index in [1.54, 1.807) is 29.2 Å². The van der Waals surface area contributed by atoms with E-state index in [0.717, 1.165) is 18.2 Å². The number of amides is 2. The largest absolute Gasteiger partial charge is 0.339 e. The maximum atomic E-state index is 12.3. The molecule has 11 nitrogen and oxygen atoms in total. The van der Waals surface area contributed by atoms with Crippen LogP contribution in [0, 0.1) is 20.2 Å². The lowest BCUT2D eigenvalue weighted by molar-refractivity contribution is -0.394. The van der Waals surface area contributed by atoms with Gasteiger partial charge in [-0.3, -0.25) is 40.7 Å². The highest BCUT2D eigenvalue weighted by Crippen LogP contribution is 2.22. The number of nitrogens with zero attached hydrogens (tertiary/aromatic N) is 3. The quantitative estimate of drug-likeness (QED) is 0.510. The zero-order valence-corrected chi connectivity index (χ0v) is 15.7. The molecule has 0 spiro atoms. The van der Waals surface area contributed by atoms with Crippen LogP contribution < -0.4 is 10.9 Å². The van der Waals surface area contributed by atoms with E-state index < -0.39 is 27.1 Å². The minimum Gasteiger partial charge on any atom is -0.339 e. The van der Waals surface area contributed by atoms with Crippen molar-refractivity contribution in [2.24, 2.45) is 0 Å². The average molecular weight is 401 g/mol. The molecule has 0 aliphatic heterocycles. The molecule has 2 N–H and O–H groups in total. The summed E-state index contributed by atoms with van der Waals surface area (Å²) in [7, 11) is 0. The predicted molar refractivity (Wildman–Crippen MR) is 105 cm³/mol. The van der Waals surface area contributed by atoms with Crippen molar-refractivity contribution in [1.82, 2.24) is 10.3 Å². The summed E-state index contributed by atoms with van der Waals surface area (Å²) in [5, 5.41) is 21.8. The van der Waals surface area contributed by atoms with Gasteiger partial charge >= 0.3 is 0 Å². The van der Waals surface area contributed by atoms with Crippen LogP contribution in [-0.4, -0.2) is 39.7 Å². The SMILES string of the molecule is CCN(CC)C(=O)c1ccc(NNC(=O)c2cc([N+](=O)[O-])cc([N+](=O)[O-])c2)cc1. The van der Waals surface area contributed by atoms with Crippen molar-refractivity contribution in [2.45, 2.75) is 13.8 Å². The van der Waals surface area contributed by atoms with Crippen LogP contribution in [0.15, 0.2) is 42.5 Å². The Morgan fingerprint density at radius 1 is 0.897 bits per heavy atom. The Labute approximate surface area is 165 Å². The van der Waals surface area contributed by atoms with Crippen LogP contribution in [-0.2, 0) is 0 Å². The van der Waals surface area contributed by atoms with Gasteiger partial charge in [-0.2, -0.15) is 0 Å². The second kappa shape index (κ2) is 9.26. The summed E-state index contributed by atoms with van der Waals surface area (Å²) in [6.45, 7) is 4.93. The van der Waals surface area contributed by atoms with E-state index in [1.807, 2.05) is 13.8 Å². The van der Waals surface area contributed by atoms with Gasteiger partial charge in [0, 0.05) is 30.8 Å². The molecule has 0 unspecified atom stereocenters. The summed E-state index contributed by atoms with van der Waals surface area (Å²) in [5.74, 6) is -0.908. The van der Waals surface area contributed by atoms with Crippen LogP contribution in [0.1, 0.15) is 34.6 Å². The van der Waals surface area contributed by atoms with Crippen LogP contribution in [0.2, 0.25) is 0 Å². The fourth-order valence-electron chi connectivity index (χ4n) is 2.53. The van der Waals surface area contributed by atoms with Gasteiger partial charge in [0.1, 0.15) is 0 Å². The maximum absolute atomic E-state index is 12.3. The van der Waals surface area contributed by atoms with Crippen LogP contribution in [0.5, 0.6) is 0 Å². The van der Waals surface area contributed by atoms with Gasteiger partial charge in [-0.15, -0.1) is 0 Å². The molecule has 0 aliphatic carbocycles. The number of hydrogen-bond acceptors (Lipinski definition) is 7. The number of hydrazine groups is 1. The summed E-state index contributed by atoms with van der Waals surface area (Å²) < 4.78 is 0. The lowest BCUT2D eigenvalue weighted by Crippen LogP contribution is -2.31. The highest BCUT2D eigenvalue weighted by molar-refractivity contribution is 5.96. The van der Waals surface area contributed by atoms with E-state index in [2.05, 4.69) is 10.9 Å². The number of benzene rings is 2. The van der Waals surface area contributed by atoms with E-state index in [-0.39, 0.29) is 11.5 Å². The minimum atomic E-state index is -0.817. The molecule has 0 saturated heterocycles. The Kier molecular flexibility index (Phi) is 6.80. The van der Waals surface area contributed by atoms with Crippen LogP contribution >= 0.6 is 0 Å². The third-order valence-electron chi connectivity index (χ3n) is 4.09. The fraction of sp³-hybridized carbons (Fsp3) is 0.222. The molecule has 0 bridgehead atoms. The summed E-state index contributed by atoms with van der Waals surface area (Å²) in [5.41, 5.74) is 4.47. The monoisotopic (exact) mass is 401 g/mol. The zero-order valence-electron chi connectivity index (χ0n) is 15.7. The van der Waals surface area contributed by atoms with Crippen molar-refractivity contribution < 1.29 is 19.4 Å². The summed E-state index contributed by atoms with van der Waals surface area (Å²) in [6.07, 6.45) is 0. The van der Waals surface area contributed by atoms with Gasteiger partial charge in [-0.1, -0.05) is 0 Å². The second-order valence-corrected chi connectivity index (χ2v) is 5.89. The van der Waals surface area contributed by atoms with E-state index >= 15 is 0 Å². The molecule has 0 fully saturated rings. The molecule has 2 aromatic rings. The highest BCUT2D eigenvalue weighted by Gasteiger charge is 2.20. The summed E-state index contributed by atoms with van der Waals surface area (Å²) in [6, 6.07) is 8.99. The Balaban J connectivity index is 2.10. The molecule has 0 aliphatic rings. The molecule has 2 rings (SSSR count). The summed E-state index contributed by atoms with van der Waals surface area (Å²) >= 11 is 0. The van der Waals surface area contributed by atoms with E-state index in [0.29, 0.717) is 24.3 Å². The molecular weight excluding hydrogens is 382 g/mol. The molecule has 0 heterocycles. The van der Waals surface area contributed by atoms with Gasteiger partial charge in [-0.05, 0) is 38.1 Å². The molecular formula is C18H19N5O6. The first kappa shape index (κ1) is 21.3. The maximum Gasteiger partial charge on any atom is 0.277 e. The van der Waals surface area contributed by atoms with Crippen LogP contribution in [0.25, 0.3) is 0 Å². The normalized spacial score (nSPS) is 10.1. The van der Waals surface area contributed by atoms with Gasteiger partial charge in [0.15, 0.2) is 0 Å². The third kappa shape index (κ3) is 5.25. The number of nitrogens with one attached hydrogen (secondary N) is 2. The zero-order chi connectivity index (χ0) is 21.6. The number of non-ortho nitro benzene ring substituents is 2. The highest BCUT2D eigenvalue weighted by atomic mass is 16.6. The van der Waals surface area contributed by atoms with Crippen molar-refractivity contribution in [3.05, 3.63) is 73.8 Å². The number of carbonyl (C=O) groups is 2. The van der Waals surface area contributed by atoms with Gasteiger partial charge < -0.3 is 4.90 Å². The molecule has 0 saturated carbocycles. The lowest BCUT2D eigenvalue weighted by Gasteiger charge is -2.18. The first-order valence-corrected chi connectivity index (χ1v) is 8.66. The predicted octanol–water partition coefficient (Wildman–Crippen LogP) is 2.74. The number of rotatable bonds is 8. The second-order valence-electron chi connectivity index (χ2n) is 5.89. The molecule has 2 amide bonds. The number of nitro benzene ring substituents is 2. The van der Waals surface area contributed by atoms with Crippen LogP contribution in [0.3, 0.4) is 0 Å². The van der Waals surface area contributed by atoms with Crippen molar-refractivity contribution in [3.8, 4) is 0 Å². The number of hydrogen-bond donors (Lipinski definition) is 2. The van der Waals surface area contributed by atoms with Crippen molar-refractivity contribution in [1.29, 1.82) is 0 Å².